The van der Waals surface area contributed by atoms with Gasteiger partial charge in [-0.25, -0.2) is 4.68 Å². The second-order valence-electron chi connectivity index (χ2n) is 7.97. The molecular weight excluding hydrogens is 462 g/mol. The lowest BCUT2D eigenvalue weighted by Crippen LogP contribution is -2.27. The molecule has 0 radical (unpaired) electrons. The molecule has 0 N–H and O–H groups in total. The number of thioether (sulfide) groups is 1. The number of para-hydroxylation sites is 1. The molecule has 2 heterocycles. The highest BCUT2D eigenvalue weighted by atomic mass is 32.2. The molecule has 0 spiro atoms. The van der Waals surface area contributed by atoms with Crippen LogP contribution in [0, 0.1) is 6.92 Å². The van der Waals surface area contributed by atoms with Gasteiger partial charge in [0.05, 0.1) is 17.2 Å². The first-order valence-corrected chi connectivity index (χ1v) is 12.5. The summed E-state index contributed by atoms with van der Waals surface area (Å²) < 4.78 is 8.26. The molecule has 1 saturated heterocycles. The zero-order valence-corrected chi connectivity index (χ0v) is 21.0. The first kappa shape index (κ1) is 24.0. The van der Waals surface area contributed by atoms with Crippen LogP contribution < -0.4 is 4.74 Å². The summed E-state index contributed by atoms with van der Waals surface area (Å²) in [6.07, 6.45) is 7.64. The van der Waals surface area contributed by atoms with Gasteiger partial charge in [0, 0.05) is 23.9 Å². The maximum absolute atomic E-state index is 12.9. The van der Waals surface area contributed by atoms with Gasteiger partial charge in [0.1, 0.15) is 15.8 Å². The molecule has 34 heavy (non-hydrogen) atoms. The highest BCUT2D eigenvalue weighted by Crippen LogP contribution is 2.36. The average Bonchev–Trinajstić information content (AvgIpc) is 3.36. The lowest BCUT2D eigenvalue weighted by molar-refractivity contribution is -0.121. The first-order chi connectivity index (χ1) is 16.5. The van der Waals surface area contributed by atoms with Crippen LogP contribution in [0.15, 0.2) is 72.3 Å². The van der Waals surface area contributed by atoms with Gasteiger partial charge in [-0.05, 0) is 55.3 Å². The number of benzene rings is 2. The first-order valence-electron chi connectivity index (χ1n) is 11.3. The standard InChI is InChI=1S/C27H27N3O2S2/c1-4-6-15-32-22-12-13-23(19(3)16-22)25-20(18-30(28-25)21-10-8-7-9-11-21)17-24-26(31)29(14-5-2)27(33)34-24/h5,7-13,16-18H,2,4,6,14-15H2,1,3H3/b24-17-. The molecule has 0 saturated carbocycles. The molecule has 2 aromatic carbocycles. The quantitative estimate of drug-likeness (QED) is 0.150. The van der Waals surface area contributed by atoms with Crippen molar-refractivity contribution in [1.29, 1.82) is 0 Å². The molecule has 1 fully saturated rings. The van der Waals surface area contributed by atoms with Crippen LogP contribution in [0.3, 0.4) is 0 Å². The van der Waals surface area contributed by atoms with Crippen molar-refractivity contribution in [2.24, 2.45) is 0 Å². The Bertz CT molecular complexity index is 1250. The topological polar surface area (TPSA) is 47.4 Å². The Morgan fingerprint density at radius 2 is 2.00 bits per heavy atom. The number of amides is 1. The molecule has 1 amide bonds. The van der Waals surface area contributed by atoms with E-state index in [1.165, 1.54) is 11.8 Å². The largest absolute Gasteiger partial charge is 0.494 e. The van der Waals surface area contributed by atoms with Gasteiger partial charge in [0.25, 0.3) is 5.91 Å². The van der Waals surface area contributed by atoms with Gasteiger partial charge in [0.2, 0.25) is 0 Å². The molecule has 5 nitrogen and oxygen atoms in total. The second-order valence-corrected chi connectivity index (χ2v) is 9.65. The minimum Gasteiger partial charge on any atom is -0.494 e. The van der Waals surface area contributed by atoms with Crippen LogP contribution in [0.4, 0.5) is 0 Å². The van der Waals surface area contributed by atoms with Gasteiger partial charge < -0.3 is 4.74 Å². The van der Waals surface area contributed by atoms with Crippen molar-refractivity contribution in [1.82, 2.24) is 14.7 Å². The molecule has 174 valence electrons. The third kappa shape index (κ3) is 5.16. The van der Waals surface area contributed by atoms with E-state index in [0.29, 0.717) is 22.4 Å². The zero-order valence-electron chi connectivity index (χ0n) is 19.4. The number of carbonyl (C=O) groups excluding carboxylic acids is 1. The molecular formula is C27H27N3O2S2. The fourth-order valence-corrected chi connectivity index (χ4v) is 4.93. The molecule has 0 bridgehead atoms. The summed E-state index contributed by atoms with van der Waals surface area (Å²) >= 11 is 6.72. The Morgan fingerprint density at radius 3 is 2.71 bits per heavy atom. The van der Waals surface area contributed by atoms with Gasteiger partial charge in [0.15, 0.2) is 0 Å². The number of aromatic nitrogens is 2. The lowest BCUT2D eigenvalue weighted by Gasteiger charge is -2.10. The average molecular weight is 490 g/mol. The molecule has 1 aliphatic heterocycles. The van der Waals surface area contributed by atoms with Crippen molar-refractivity contribution in [3.8, 4) is 22.7 Å². The number of hydrogen-bond donors (Lipinski definition) is 0. The minimum atomic E-state index is -0.107. The van der Waals surface area contributed by atoms with Crippen molar-refractivity contribution >= 4 is 40.3 Å². The van der Waals surface area contributed by atoms with Crippen LogP contribution in [0.5, 0.6) is 5.75 Å². The zero-order chi connectivity index (χ0) is 24.1. The number of hydrogen-bond acceptors (Lipinski definition) is 5. The predicted octanol–water partition coefficient (Wildman–Crippen LogP) is 6.41. The van der Waals surface area contributed by atoms with E-state index in [1.807, 2.05) is 65.5 Å². The number of carbonyl (C=O) groups is 1. The van der Waals surface area contributed by atoms with Crippen LogP contribution >= 0.6 is 24.0 Å². The third-order valence-corrected chi connectivity index (χ3v) is 6.83. The Labute approximate surface area is 210 Å². The Hall–Kier alpha value is -3.16. The number of aryl methyl sites for hydroxylation is 1. The Balaban J connectivity index is 1.75. The van der Waals surface area contributed by atoms with Crippen molar-refractivity contribution in [2.45, 2.75) is 26.7 Å². The normalized spacial score (nSPS) is 14.8. The van der Waals surface area contributed by atoms with Crippen molar-refractivity contribution in [3.63, 3.8) is 0 Å². The second kappa shape index (κ2) is 10.8. The third-order valence-electron chi connectivity index (χ3n) is 5.45. The molecule has 1 aromatic heterocycles. The lowest BCUT2D eigenvalue weighted by atomic mass is 10.0. The summed E-state index contributed by atoms with van der Waals surface area (Å²) in [5, 5.41) is 4.91. The molecule has 3 aromatic rings. The van der Waals surface area contributed by atoms with E-state index in [1.54, 1.807) is 11.0 Å². The van der Waals surface area contributed by atoms with Gasteiger partial charge in [-0.3, -0.25) is 9.69 Å². The summed E-state index contributed by atoms with van der Waals surface area (Å²) in [5.74, 6) is 0.744. The number of ether oxygens (including phenoxy) is 1. The fourth-order valence-electron chi connectivity index (χ4n) is 3.67. The molecule has 1 aliphatic rings. The van der Waals surface area contributed by atoms with Crippen molar-refractivity contribution < 1.29 is 9.53 Å². The maximum Gasteiger partial charge on any atom is 0.266 e. The molecule has 0 unspecified atom stereocenters. The summed E-state index contributed by atoms with van der Waals surface area (Å²) in [6.45, 7) is 9.03. The van der Waals surface area contributed by atoms with Crippen LogP contribution in [0.1, 0.15) is 30.9 Å². The van der Waals surface area contributed by atoms with Crippen LogP contribution in [0.2, 0.25) is 0 Å². The number of rotatable bonds is 9. The molecule has 4 rings (SSSR count). The SMILES string of the molecule is C=CCN1C(=O)/C(=C/c2cn(-c3ccccc3)nc2-c2ccc(OCCCC)cc2C)SC1=S. The van der Waals surface area contributed by atoms with Gasteiger partial charge in [-0.15, -0.1) is 6.58 Å². The van der Waals surface area contributed by atoms with Crippen LogP contribution in [-0.2, 0) is 4.79 Å². The summed E-state index contributed by atoms with van der Waals surface area (Å²) in [6, 6.07) is 16.0. The van der Waals surface area contributed by atoms with Crippen LogP contribution in [-0.4, -0.2) is 38.1 Å². The molecule has 7 heteroatoms. The monoisotopic (exact) mass is 489 g/mol. The van der Waals surface area contributed by atoms with Crippen LogP contribution in [0.25, 0.3) is 23.0 Å². The summed E-state index contributed by atoms with van der Waals surface area (Å²) in [7, 11) is 0. The molecule has 0 aliphatic carbocycles. The molecule has 0 atom stereocenters. The number of nitrogens with zero attached hydrogens (tertiary/aromatic N) is 3. The highest BCUT2D eigenvalue weighted by Gasteiger charge is 2.31. The smallest absolute Gasteiger partial charge is 0.266 e. The summed E-state index contributed by atoms with van der Waals surface area (Å²) in [4.78, 5) is 15.1. The van der Waals surface area contributed by atoms with E-state index in [2.05, 4.69) is 20.4 Å². The maximum atomic E-state index is 12.9. The van der Waals surface area contributed by atoms with E-state index in [4.69, 9.17) is 22.1 Å². The minimum absolute atomic E-state index is 0.107. The van der Waals surface area contributed by atoms with Crippen molar-refractivity contribution in [3.05, 3.63) is 83.4 Å². The Kier molecular flexibility index (Phi) is 7.65. The van der Waals surface area contributed by atoms with Gasteiger partial charge in [-0.2, -0.15) is 5.10 Å². The number of unbranched alkanes of at least 4 members (excludes halogenated alkanes) is 1. The predicted molar refractivity (Wildman–Crippen MR) is 144 cm³/mol. The number of thiocarbonyl (C=S) groups is 1. The van der Waals surface area contributed by atoms with E-state index in [0.717, 1.165) is 46.7 Å². The fraction of sp³-hybridized carbons (Fsp3) is 0.222. The van der Waals surface area contributed by atoms with Gasteiger partial charge >= 0.3 is 0 Å². The van der Waals surface area contributed by atoms with E-state index < -0.39 is 0 Å². The van der Waals surface area contributed by atoms with Gasteiger partial charge in [-0.1, -0.05) is 61.6 Å². The summed E-state index contributed by atoms with van der Waals surface area (Å²) in [5.41, 5.74) is 4.65. The highest BCUT2D eigenvalue weighted by molar-refractivity contribution is 8.26. The van der Waals surface area contributed by atoms with E-state index in [9.17, 15) is 4.79 Å². The van der Waals surface area contributed by atoms with E-state index >= 15 is 0 Å². The van der Waals surface area contributed by atoms with E-state index in [-0.39, 0.29) is 5.91 Å². The van der Waals surface area contributed by atoms with Crippen molar-refractivity contribution in [2.75, 3.05) is 13.2 Å². The Morgan fingerprint density at radius 1 is 1.21 bits per heavy atom.